The van der Waals surface area contributed by atoms with Crippen LogP contribution in [0.4, 0.5) is 5.69 Å². The number of ketones is 1. The number of rotatable bonds is 10. The lowest BCUT2D eigenvalue weighted by atomic mass is 10.0. The topological polar surface area (TPSA) is 134 Å². The van der Waals surface area contributed by atoms with Gasteiger partial charge in [0.05, 0.1) is 19.1 Å². The van der Waals surface area contributed by atoms with Crippen LogP contribution in [0.5, 0.6) is 11.5 Å². The molecule has 2 aromatic carbocycles. The average Bonchev–Trinajstić information content (AvgIpc) is 2.79. The largest absolute Gasteiger partial charge is 0.493 e. The quantitative estimate of drug-likeness (QED) is 0.237. The van der Waals surface area contributed by atoms with Crippen LogP contribution in [0.15, 0.2) is 36.4 Å². The Hall–Kier alpha value is -3.66. The number of hydrogen-bond donors (Lipinski definition) is 1. The number of nitrogens with zero attached hydrogens (tertiary/aromatic N) is 1. The molecule has 0 aliphatic rings. The molecule has 0 spiro atoms. The number of amides is 1. The second kappa shape index (κ2) is 11.3. The van der Waals surface area contributed by atoms with Crippen molar-refractivity contribution in [1.29, 1.82) is 0 Å². The van der Waals surface area contributed by atoms with E-state index in [1.165, 1.54) is 38.5 Å². The first-order valence-electron chi connectivity index (χ1n) is 9.75. The fourth-order valence-electron chi connectivity index (χ4n) is 2.84. The normalized spacial score (nSPS) is 11.5. The van der Waals surface area contributed by atoms with Gasteiger partial charge in [0.15, 0.2) is 23.9 Å². The number of ether oxygens (including phenoxy) is 3. The number of nitro groups is 1. The first-order valence-corrected chi connectivity index (χ1v) is 10.1. The third-order valence-electron chi connectivity index (χ3n) is 4.66. The van der Waals surface area contributed by atoms with Crippen LogP contribution in [-0.4, -0.2) is 49.5 Å². The van der Waals surface area contributed by atoms with Crippen LogP contribution in [0.1, 0.15) is 34.6 Å². The van der Waals surface area contributed by atoms with Gasteiger partial charge in [-0.1, -0.05) is 25.4 Å². The highest BCUT2D eigenvalue weighted by Gasteiger charge is 2.28. The van der Waals surface area contributed by atoms with E-state index in [0.29, 0.717) is 11.5 Å². The summed E-state index contributed by atoms with van der Waals surface area (Å²) in [6, 6.07) is 6.96. The molecule has 0 aromatic heterocycles. The minimum Gasteiger partial charge on any atom is -0.493 e. The molecule has 0 bridgehead atoms. The lowest BCUT2D eigenvalue weighted by Gasteiger charge is -2.20. The summed E-state index contributed by atoms with van der Waals surface area (Å²) < 4.78 is 15.4. The van der Waals surface area contributed by atoms with Gasteiger partial charge in [-0.25, -0.2) is 4.79 Å². The first kappa shape index (κ1) is 25.6. The van der Waals surface area contributed by atoms with Crippen LogP contribution < -0.4 is 14.8 Å². The Balaban J connectivity index is 2.08. The highest BCUT2D eigenvalue weighted by Crippen LogP contribution is 2.28. The van der Waals surface area contributed by atoms with Gasteiger partial charge in [0.1, 0.15) is 11.1 Å². The third kappa shape index (κ3) is 6.42. The van der Waals surface area contributed by atoms with E-state index in [0.717, 1.165) is 6.07 Å². The van der Waals surface area contributed by atoms with Crippen LogP contribution in [0, 0.1) is 16.0 Å². The number of halogens is 1. The maximum Gasteiger partial charge on any atom is 0.329 e. The molecule has 11 heteroatoms. The predicted molar refractivity (Wildman–Crippen MR) is 119 cm³/mol. The lowest BCUT2D eigenvalue weighted by Crippen LogP contribution is -2.45. The maximum atomic E-state index is 12.6. The molecule has 0 saturated heterocycles. The molecule has 1 N–H and O–H groups in total. The van der Waals surface area contributed by atoms with Crippen LogP contribution >= 0.6 is 11.6 Å². The van der Waals surface area contributed by atoms with Gasteiger partial charge in [0.2, 0.25) is 0 Å². The van der Waals surface area contributed by atoms with E-state index < -0.39 is 40.9 Å². The van der Waals surface area contributed by atoms with E-state index in [4.69, 9.17) is 25.8 Å². The number of nitrogens with one attached hydrogen (secondary N) is 1. The molecule has 2 aromatic rings. The molecule has 10 nitrogen and oxygen atoms in total. The molecule has 0 aliphatic heterocycles. The Morgan fingerprint density at radius 3 is 2.24 bits per heavy atom. The Bertz CT molecular complexity index is 1070. The van der Waals surface area contributed by atoms with Crippen molar-refractivity contribution in [2.75, 3.05) is 20.8 Å². The van der Waals surface area contributed by atoms with Crippen molar-refractivity contribution in [2.45, 2.75) is 19.9 Å². The number of Topliss-reactive ketones (excluding diaryl/α,β-unsaturated/α-hetero) is 1. The second-order valence-corrected chi connectivity index (χ2v) is 7.63. The zero-order chi connectivity index (χ0) is 24.7. The standard InChI is InChI=1S/C22H23ClN2O8/c1-12(2)20(24-21(27)14-5-7-15(23)16(9-14)25(29)30)22(28)33-11-17(26)13-6-8-18(31-3)19(10-13)32-4/h5-10,12,20H,11H2,1-4H3,(H,24,27). The van der Waals surface area contributed by atoms with Gasteiger partial charge >= 0.3 is 5.97 Å². The van der Waals surface area contributed by atoms with Crippen molar-refractivity contribution in [2.24, 2.45) is 5.92 Å². The molecular formula is C22H23ClN2O8. The molecule has 2 rings (SSSR count). The number of carbonyl (C=O) groups is 3. The Kier molecular flexibility index (Phi) is 8.75. The number of carbonyl (C=O) groups excluding carboxylic acids is 3. The summed E-state index contributed by atoms with van der Waals surface area (Å²) in [5, 5.41) is 13.4. The zero-order valence-electron chi connectivity index (χ0n) is 18.4. The molecule has 1 unspecified atom stereocenters. The SMILES string of the molecule is COc1ccc(C(=O)COC(=O)C(NC(=O)c2ccc(Cl)c([N+](=O)[O-])c2)C(C)C)cc1OC. The summed E-state index contributed by atoms with van der Waals surface area (Å²) in [5.41, 5.74) is -0.237. The van der Waals surface area contributed by atoms with Gasteiger partial charge in [-0.05, 0) is 36.2 Å². The minimum absolute atomic E-state index is 0.0500. The average molecular weight is 479 g/mol. The molecule has 1 amide bonds. The fourth-order valence-corrected chi connectivity index (χ4v) is 3.02. The molecule has 33 heavy (non-hydrogen) atoms. The van der Waals surface area contributed by atoms with Crippen molar-refractivity contribution in [1.82, 2.24) is 5.32 Å². The van der Waals surface area contributed by atoms with E-state index in [2.05, 4.69) is 5.32 Å². The molecule has 176 valence electrons. The van der Waals surface area contributed by atoms with E-state index >= 15 is 0 Å². The Morgan fingerprint density at radius 1 is 1.03 bits per heavy atom. The van der Waals surface area contributed by atoms with Crippen LogP contribution in [0.25, 0.3) is 0 Å². The summed E-state index contributed by atoms with van der Waals surface area (Å²) in [7, 11) is 2.89. The molecule has 0 aliphatic carbocycles. The molecule has 0 radical (unpaired) electrons. The summed E-state index contributed by atoms with van der Waals surface area (Å²) in [6.07, 6.45) is 0. The number of esters is 1. The zero-order valence-corrected chi connectivity index (χ0v) is 19.2. The maximum absolute atomic E-state index is 12.6. The monoisotopic (exact) mass is 478 g/mol. The van der Waals surface area contributed by atoms with Crippen molar-refractivity contribution in [3.05, 3.63) is 62.7 Å². The Morgan fingerprint density at radius 2 is 1.67 bits per heavy atom. The summed E-state index contributed by atoms with van der Waals surface area (Å²) >= 11 is 5.77. The van der Waals surface area contributed by atoms with E-state index in [1.54, 1.807) is 19.9 Å². The highest BCUT2D eigenvalue weighted by molar-refractivity contribution is 6.32. The second-order valence-electron chi connectivity index (χ2n) is 7.22. The first-order chi connectivity index (χ1) is 15.6. The van der Waals surface area contributed by atoms with Crippen LogP contribution in [-0.2, 0) is 9.53 Å². The van der Waals surface area contributed by atoms with E-state index in [1.807, 2.05) is 0 Å². The number of methoxy groups -OCH3 is 2. The predicted octanol–water partition coefficient (Wildman–Crippen LogP) is 3.45. The smallest absolute Gasteiger partial charge is 0.329 e. The number of nitro benzene ring substituents is 1. The van der Waals surface area contributed by atoms with Crippen molar-refractivity contribution >= 4 is 34.9 Å². The van der Waals surface area contributed by atoms with Gasteiger partial charge in [-0.15, -0.1) is 0 Å². The van der Waals surface area contributed by atoms with E-state index in [-0.39, 0.29) is 22.1 Å². The van der Waals surface area contributed by atoms with Gasteiger partial charge in [-0.3, -0.25) is 19.7 Å². The van der Waals surface area contributed by atoms with Gasteiger partial charge < -0.3 is 19.5 Å². The number of hydrogen-bond acceptors (Lipinski definition) is 8. The molecule has 1 atom stereocenters. The van der Waals surface area contributed by atoms with Gasteiger partial charge in [-0.2, -0.15) is 0 Å². The molecule has 0 fully saturated rings. The fraction of sp³-hybridized carbons (Fsp3) is 0.318. The lowest BCUT2D eigenvalue weighted by molar-refractivity contribution is -0.384. The minimum atomic E-state index is -1.09. The van der Waals surface area contributed by atoms with Crippen molar-refractivity contribution < 1.29 is 33.5 Å². The van der Waals surface area contributed by atoms with Gasteiger partial charge in [0, 0.05) is 17.2 Å². The van der Waals surface area contributed by atoms with Gasteiger partial charge in [0.25, 0.3) is 11.6 Å². The van der Waals surface area contributed by atoms with E-state index in [9.17, 15) is 24.5 Å². The van der Waals surface area contributed by atoms with Crippen molar-refractivity contribution in [3.63, 3.8) is 0 Å². The number of benzene rings is 2. The summed E-state index contributed by atoms with van der Waals surface area (Å²) in [6.45, 7) is 2.79. The molecule has 0 heterocycles. The molecular weight excluding hydrogens is 456 g/mol. The highest BCUT2D eigenvalue weighted by atomic mass is 35.5. The molecule has 0 saturated carbocycles. The Labute approximate surface area is 194 Å². The van der Waals surface area contributed by atoms with Crippen molar-refractivity contribution in [3.8, 4) is 11.5 Å². The van der Waals surface area contributed by atoms with Crippen LogP contribution in [0.2, 0.25) is 5.02 Å². The summed E-state index contributed by atoms with van der Waals surface area (Å²) in [5.74, 6) is -1.63. The van der Waals surface area contributed by atoms with Crippen LogP contribution in [0.3, 0.4) is 0 Å². The summed E-state index contributed by atoms with van der Waals surface area (Å²) in [4.78, 5) is 47.9. The third-order valence-corrected chi connectivity index (χ3v) is 4.98.